The molecule has 0 unspecified atom stereocenters. The number of thioether (sulfide) groups is 1. The molecule has 0 spiro atoms. The molecule has 7 heteroatoms. The van der Waals surface area contributed by atoms with E-state index in [1.165, 1.54) is 11.8 Å². The quantitative estimate of drug-likeness (QED) is 0.251. The number of amides is 1. The Kier molecular flexibility index (Phi) is 5.83. The van der Waals surface area contributed by atoms with E-state index in [2.05, 4.69) is 23.3 Å². The fourth-order valence-electron chi connectivity index (χ4n) is 3.28. The molecule has 1 saturated heterocycles. The lowest BCUT2D eigenvalue weighted by Gasteiger charge is -2.10. The molecule has 0 atom stereocenters. The maximum Gasteiger partial charge on any atom is 0.266 e. The van der Waals surface area contributed by atoms with Crippen molar-refractivity contribution < 1.29 is 4.79 Å². The third kappa shape index (κ3) is 4.01. The van der Waals surface area contributed by atoms with Crippen LogP contribution in [0.1, 0.15) is 11.1 Å². The lowest BCUT2D eigenvalue weighted by molar-refractivity contribution is -0.121. The van der Waals surface area contributed by atoms with Crippen LogP contribution in [0, 0.1) is 0 Å². The van der Waals surface area contributed by atoms with Crippen molar-refractivity contribution in [2.75, 3.05) is 6.54 Å². The average Bonchev–Trinajstić information content (AvgIpc) is 3.18. The number of hydrogen-bond donors (Lipinski definition) is 0. The van der Waals surface area contributed by atoms with Crippen molar-refractivity contribution in [2.45, 2.75) is 6.54 Å². The van der Waals surface area contributed by atoms with Gasteiger partial charge in [-0.2, -0.15) is 0 Å². The highest BCUT2D eigenvalue weighted by molar-refractivity contribution is 8.26. The van der Waals surface area contributed by atoms with E-state index in [0.717, 1.165) is 22.0 Å². The van der Waals surface area contributed by atoms with E-state index >= 15 is 0 Å². The predicted octanol–water partition coefficient (Wildman–Crippen LogP) is 6.38. The Balaban J connectivity index is 1.73. The van der Waals surface area contributed by atoms with Crippen LogP contribution in [0.25, 0.3) is 17.0 Å². The Morgan fingerprint density at radius 3 is 2.69 bits per heavy atom. The molecule has 3 nitrogen and oxygen atoms in total. The molecule has 1 aromatic heterocycles. The van der Waals surface area contributed by atoms with E-state index in [-0.39, 0.29) is 5.91 Å². The van der Waals surface area contributed by atoms with Crippen molar-refractivity contribution in [1.29, 1.82) is 0 Å². The van der Waals surface area contributed by atoms with Crippen LogP contribution in [0.5, 0.6) is 0 Å². The molecule has 0 aliphatic carbocycles. The van der Waals surface area contributed by atoms with E-state index in [1.54, 1.807) is 17.0 Å². The van der Waals surface area contributed by atoms with Gasteiger partial charge in [-0.05, 0) is 29.8 Å². The first-order chi connectivity index (χ1) is 14.0. The summed E-state index contributed by atoms with van der Waals surface area (Å²) in [5.41, 5.74) is 3.09. The topological polar surface area (TPSA) is 25.2 Å². The molecule has 1 amide bonds. The van der Waals surface area contributed by atoms with Gasteiger partial charge in [-0.15, -0.1) is 6.58 Å². The van der Waals surface area contributed by atoms with Crippen molar-refractivity contribution in [2.24, 2.45) is 0 Å². The summed E-state index contributed by atoms with van der Waals surface area (Å²) in [6, 6.07) is 13.7. The number of carbonyl (C=O) groups is 1. The minimum absolute atomic E-state index is 0.0822. The highest BCUT2D eigenvalue weighted by Gasteiger charge is 2.31. The second kappa shape index (κ2) is 8.36. The summed E-state index contributed by atoms with van der Waals surface area (Å²) in [7, 11) is 0. The number of hydrogen-bond acceptors (Lipinski definition) is 3. The molecule has 1 fully saturated rings. The normalized spacial score (nSPS) is 15.7. The molecule has 0 radical (unpaired) electrons. The molecule has 0 bridgehead atoms. The minimum atomic E-state index is -0.0822. The Labute approximate surface area is 188 Å². The SMILES string of the molecule is C=CCN1C(=O)/C(=C\c2cn(Cc3ccc(Cl)c(Cl)c3)c3ccccc23)SC1=S. The number of aromatic nitrogens is 1. The number of rotatable bonds is 5. The van der Waals surface area contributed by atoms with Crippen LogP contribution >= 0.6 is 47.2 Å². The van der Waals surface area contributed by atoms with Crippen LogP contribution in [-0.4, -0.2) is 26.2 Å². The maximum absolute atomic E-state index is 12.7. The molecule has 4 rings (SSSR count). The third-order valence-electron chi connectivity index (χ3n) is 4.63. The van der Waals surface area contributed by atoms with Crippen LogP contribution in [0.2, 0.25) is 10.0 Å². The number of benzene rings is 2. The molecule has 29 heavy (non-hydrogen) atoms. The van der Waals surface area contributed by atoms with Gasteiger partial charge in [0.15, 0.2) is 0 Å². The number of nitrogens with zero attached hydrogens (tertiary/aromatic N) is 2. The second-order valence-corrected chi connectivity index (χ2v) is 9.05. The van der Waals surface area contributed by atoms with Crippen molar-refractivity contribution in [3.8, 4) is 0 Å². The fourth-order valence-corrected chi connectivity index (χ4v) is 4.87. The van der Waals surface area contributed by atoms with Crippen LogP contribution in [0.4, 0.5) is 0 Å². The molecular formula is C22H16Cl2N2OS2. The molecule has 1 aliphatic rings. The molecule has 1 aliphatic heterocycles. The maximum atomic E-state index is 12.7. The van der Waals surface area contributed by atoms with E-state index in [0.29, 0.717) is 32.4 Å². The number of thiocarbonyl (C=S) groups is 1. The number of para-hydroxylation sites is 1. The summed E-state index contributed by atoms with van der Waals surface area (Å²) in [6.07, 6.45) is 5.64. The van der Waals surface area contributed by atoms with Crippen molar-refractivity contribution >= 4 is 74.4 Å². The van der Waals surface area contributed by atoms with Crippen LogP contribution in [-0.2, 0) is 11.3 Å². The highest BCUT2D eigenvalue weighted by atomic mass is 35.5. The van der Waals surface area contributed by atoms with Gasteiger partial charge in [-0.3, -0.25) is 9.69 Å². The van der Waals surface area contributed by atoms with Crippen molar-refractivity contribution in [3.63, 3.8) is 0 Å². The summed E-state index contributed by atoms with van der Waals surface area (Å²) in [6.45, 7) is 4.75. The summed E-state index contributed by atoms with van der Waals surface area (Å²) < 4.78 is 2.70. The largest absolute Gasteiger partial charge is 0.342 e. The first-order valence-electron chi connectivity index (χ1n) is 8.86. The molecular weight excluding hydrogens is 443 g/mol. The van der Waals surface area contributed by atoms with Gasteiger partial charge < -0.3 is 4.57 Å². The molecule has 146 valence electrons. The third-order valence-corrected chi connectivity index (χ3v) is 6.75. The van der Waals surface area contributed by atoms with Gasteiger partial charge in [-0.1, -0.05) is 77.5 Å². The summed E-state index contributed by atoms with van der Waals surface area (Å²) >= 11 is 18.9. The van der Waals surface area contributed by atoms with Gasteiger partial charge in [0.25, 0.3) is 5.91 Å². The smallest absolute Gasteiger partial charge is 0.266 e. The average molecular weight is 459 g/mol. The van der Waals surface area contributed by atoms with Crippen LogP contribution in [0.3, 0.4) is 0 Å². The van der Waals surface area contributed by atoms with Crippen molar-refractivity contribution in [3.05, 3.63) is 87.4 Å². The molecule has 3 aromatic rings. The Bertz CT molecular complexity index is 1180. The lowest BCUT2D eigenvalue weighted by atomic mass is 10.1. The zero-order valence-electron chi connectivity index (χ0n) is 15.3. The van der Waals surface area contributed by atoms with Crippen molar-refractivity contribution in [1.82, 2.24) is 9.47 Å². The predicted molar refractivity (Wildman–Crippen MR) is 128 cm³/mol. The van der Waals surface area contributed by atoms with Gasteiger partial charge in [0, 0.05) is 35.8 Å². The Morgan fingerprint density at radius 1 is 1.14 bits per heavy atom. The molecule has 0 saturated carbocycles. The molecule has 0 N–H and O–H groups in total. The number of halogens is 2. The first kappa shape index (κ1) is 20.2. The summed E-state index contributed by atoms with van der Waals surface area (Å²) in [5.74, 6) is -0.0822. The van der Waals surface area contributed by atoms with Gasteiger partial charge in [0.2, 0.25) is 0 Å². The number of fused-ring (bicyclic) bond motifs is 1. The van der Waals surface area contributed by atoms with E-state index < -0.39 is 0 Å². The highest BCUT2D eigenvalue weighted by Crippen LogP contribution is 2.34. The molecule has 2 aromatic carbocycles. The fraction of sp³-hybridized carbons (Fsp3) is 0.0909. The van der Waals surface area contributed by atoms with E-state index in [4.69, 9.17) is 35.4 Å². The standard InChI is InChI=1S/C22H16Cl2N2OS2/c1-2-9-26-21(27)20(29-22(26)28)11-15-13-25(19-6-4-3-5-16(15)19)12-14-7-8-17(23)18(24)10-14/h2-8,10-11,13H,1,9,12H2/b20-11+. The summed E-state index contributed by atoms with van der Waals surface area (Å²) in [5, 5.41) is 2.14. The number of carbonyl (C=O) groups excluding carboxylic acids is 1. The Hall–Kier alpha value is -2.05. The summed E-state index contributed by atoms with van der Waals surface area (Å²) in [4.78, 5) is 14.9. The zero-order chi connectivity index (χ0) is 20.5. The Morgan fingerprint density at radius 2 is 1.93 bits per heavy atom. The van der Waals surface area contributed by atoms with E-state index in [1.807, 2.05) is 36.5 Å². The van der Waals surface area contributed by atoms with Gasteiger partial charge >= 0.3 is 0 Å². The van der Waals surface area contributed by atoms with E-state index in [9.17, 15) is 4.79 Å². The minimum Gasteiger partial charge on any atom is -0.342 e. The van der Waals surface area contributed by atoms with Gasteiger partial charge in [-0.25, -0.2) is 0 Å². The van der Waals surface area contributed by atoms with Gasteiger partial charge in [0.1, 0.15) is 4.32 Å². The monoisotopic (exact) mass is 458 g/mol. The second-order valence-electron chi connectivity index (χ2n) is 6.56. The van der Waals surface area contributed by atoms with Crippen LogP contribution < -0.4 is 0 Å². The first-order valence-corrected chi connectivity index (χ1v) is 10.8. The zero-order valence-corrected chi connectivity index (χ0v) is 18.4. The van der Waals surface area contributed by atoms with Gasteiger partial charge in [0.05, 0.1) is 15.0 Å². The molecule has 2 heterocycles. The van der Waals surface area contributed by atoms with Crippen LogP contribution in [0.15, 0.2) is 66.2 Å². The lowest BCUT2D eigenvalue weighted by Crippen LogP contribution is -2.27.